The Kier molecular flexibility index (Phi) is 6.55. The number of carbonyl (C=O) groups excluding carboxylic acids is 1. The zero-order chi connectivity index (χ0) is 20.1. The molecule has 0 radical (unpaired) electrons. The molecule has 2 unspecified atom stereocenters. The molecule has 156 valence electrons. The van der Waals surface area contributed by atoms with Crippen molar-refractivity contribution >= 4 is 22.6 Å². The molecule has 2 fully saturated rings. The molecule has 4 rings (SSSR count). The van der Waals surface area contributed by atoms with Gasteiger partial charge in [-0.3, -0.25) is 0 Å². The molecule has 3 heterocycles. The number of H-pyrrole nitrogens is 1. The number of allylic oxidation sites excluding steroid dienone is 1. The van der Waals surface area contributed by atoms with E-state index in [0.717, 1.165) is 23.7 Å². The molecule has 0 aliphatic carbocycles. The van der Waals surface area contributed by atoms with Crippen LogP contribution in [0.25, 0.3) is 10.9 Å². The first-order chi connectivity index (χ1) is 14.2. The van der Waals surface area contributed by atoms with Gasteiger partial charge < -0.3 is 20.5 Å². The summed E-state index contributed by atoms with van der Waals surface area (Å²) in [6.07, 6.45) is 15.0. The highest BCUT2D eigenvalue weighted by molar-refractivity contribution is 5.94. The average molecular weight is 395 g/mol. The first-order valence-electron chi connectivity index (χ1n) is 11.3. The maximum Gasteiger partial charge on any atom is 0.319 e. The highest BCUT2D eigenvalue weighted by Gasteiger charge is 2.28. The van der Waals surface area contributed by atoms with Gasteiger partial charge in [-0.25, -0.2) is 4.79 Å². The van der Waals surface area contributed by atoms with Crippen molar-refractivity contribution < 1.29 is 4.79 Å². The molecule has 2 atom stereocenters. The zero-order valence-electron chi connectivity index (χ0n) is 17.5. The molecule has 1 aromatic heterocycles. The van der Waals surface area contributed by atoms with Crippen LogP contribution in [0.4, 0.5) is 10.5 Å². The predicted octanol–water partition coefficient (Wildman–Crippen LogP) is 5.38. The number of piperidine rings is 1. The molecular weight excluding hydrogens is 360 g/mol. The third-order valence-corrected chi connectivity index (χ3v) is 6.61. The number of aromatic nitrogens is 1. The van der Waals surface area contributed by atoms with Gasteiger partial charge in [0.05, 0.1) is 0 Å². The van der Waals surface area contributed by atoms with Crippen LogP contribution in [-0.2, 0) is 0 Å². The summed E-state index contributed by atoms with van der Waals surface area (Å²) in [7, 11) is 0. The predicted molar refractivity (Wildman–Crippen MR) is 121 cm³/mol. The van der Waals surface area contributed by atoms with Gasteiger partial charge in [-0.2, -0.15) is 0 Å². The van der Waals surface area contributed by atoms with Gasteiger partial charge in [0.1, 0.15) is 0 Å². The van der Waals surface area contributed by atoms with Crippen LogP contribution < -0.4 is 10.6 Å². The number of anilines is 1. The lowest BCUT2D eigenvalue weighted by Crippen LogP contribution is -2.38. The maximum atomic E-state index is 12.2. The summed E-state index contributed by atoms with van der Waals surface area (Å²) in [6.45, 7) is 5.13. The van der Waals surface area contributed by atoms with Crippen molar-refractivity contribution in [2.75, 3.05) is 25.0 Å². The van der Waals surface area contributed by atoms with Gasteiger partial charge in [-0.15, -0.1) is 0 Å². The summed E-state index contributed by atoms with van der Waals surface area (Å²) >= 11 is 0. The third kappa shape index (κ3) is 4.84. The van der Waals surface area contributed by atoms with Crippen LogP contribution in [0.5, 0.6) is 0 Å². The van der Waals surface area contributed by atoms with Crippen molar-refractivity contribution in [3.05, 3.63) is 42.1 Å². The Morgan fingerprint density at radius 3 is 3.03 bits per heavy atom. The summed E-state index contributed by atoms with van der Waals surface area (Å²) in [5, 5.41) is 7.15. The topological polar surface area (TPSA) is 60.2 Å². The van der Waals surface area contributed by atoms with Gasteiger partial charge in [0.2, 0.25) is 0 Å². The molecule has 0 bridgehead atoms. The van der Waals surface area contributed by atoms with Crippen LogP contribution in [0.1, 0.15) is 63.4 Å². The van der Waals surface area contributed by atoms with E-state index in [-0.39, 0.29) is 6.03 Å². The number of nitrogens with one attached hydrogen (secondary N) is 3. The highest BCUT2D eigenvalue weighted by atomic mass is 16.2. The average Bonchev–Trinajstić information content (AvgIpc) is 3.03. The Labute approximate surface area is 173 Å². The van der Waals surface area contributed by atoms with Crippen LogP contribution >= 0.6 is 0 Å². The maximum absolute atomic E-state index is 12.2. The molecule has 5 nitrogen and oxygen atoms in total. The van der Waals surface area contributed by atoms with Gasteiger partial charge in [0, 0.05) is 35.4 Å². The number of rotatable bonds is 5. The van der Waals surface area contributed by atoms with Gasteiger partial charge in [0.15, 0.2) is 0 Å². The number of fused-ring (bicyclic) bond motifs is 2. The number of nitrogens with zero attached hydrogens (tertiary/aromatic N) is 1. The summed E-state index contributed by atoms with van der Waals surface area (Å²) in [5.41, 5.74) is 3.42. The highest BCUT2D eigenvalue weighted by Crippen LogP contribution is 2.37. The van der Waals surface area contributed by atoms with Gasteiger partial charge in [0.25, 0.3) is 0 Å². The molecule has 0 spiro atoms. The quantitative estimate of drug-likeness (QED) is 0.471. The molecule has 0 saturated carbocycles. The number of hydrogen-bond acceptors (Lipinski definition) is 2. The largest absolute Gasteiger partial charge is 0.361 e. The molecule has 3 N–H and O–H groups in total. The van der Waals surface area contributed by atoms with E-state index < -0.39 is 0 Å². The minimum atomic E-state index is -0.141. The van der Waals surface area contributed by atoms with E-state index in [1.807, 2.05) is 19.1 Å². The van der Waals surface area contributed by atoms with Crippen LogP contribution in [0.2, 0.25) is 0 Å². The Balaban J connectivity index is 1.45. The monoisotopic (exact) mass is 394 g/mol. The number of hydrogen-bond donors (Lipinski definition) is 3. The van der Waals surface area contributed by atoms with Crippen molar-refractivity contribution in [3.8, 4) is 0 Å². The molecule has 2 amide bonds. The van der Waals surface area contributed by atoms with Crippen molar-refractivity contribution in [1.29, 1.82) is 0 Å². The SMILES string of the molecule is CC=CCCNC(=O)Nc1ccc2[nH]cc(C3CCC4CCCCN4CC3)c2c1. The van der Waals surface area contributed by atoms with E-state index in [0.29, 0.717) is 12.5 Å². The fraction of sp³-hybridized carbons (Fsp3) is 0.542. The lowest BCUT2D eigenvalue weighted by Gasteiger charge is -2.33. The normalized spacial score (nSPS) is 23.1. The summed E-state index contributed by atoms with van der Waals surface area (Å²) in [5.74, 6) is 0.597. The number of urea groups is 1. The molecule has 2 aliphatic rings. The second kappa shape index (κ2) is 9.49. The zero-order valence-corrected chi connectivity index (χ0v) is 17.5. The lowest BCUT2D eigenvalue weighted by atomic mass is 9.90. The summed E-state index contributed by atoms with van der Waals surface area (Å²) in [6, 6.07) is 6.83. The standard InChI is InChI=1S/C24H34N4O/c1-2-3-5-13-25-24(29)27-19-9-11-23-21(16-19)22(17-26-23)18-8-10-20-7-4-6-14-28(20)15-12-18/h2-3,9,11,16-18,20,26H,4-8,10,12-15H2,1H3,(H2,25,27,29). The van der Waals surface area contributed by atoms with Crippen molar-refractivity contribution in [1.82, 2.24) is 15.2 Å². The van der Waals surface area contributed by atoms with Crippen LogP contribution in [0.15, 0.2) is 36.5 Å². The Bertz CT molecular complexity index is 840. The number of benzene rings is 1. The second-order valence-corrected chi connectivity index (χ2v) is 8.49. The van der Waals surface area contributed by atoms with Crippen molar-refractivity contribution in [2.24, 2.45) is 0 Å². The van der Waals surface area contributed by atoms with E-state index >= 15 is 0 Å². The minimum absolute atomic E-state index is 0.141. The summed E-state index contributed by atoms with van der Waals surface area (Å²) < 4.78 is 0. The Morgan fingerprint density at radius 1 is 1.21 bits per heavy atom. The van der Waals surface area contributed by atoms with E-state index in [1.54, 1.807) is 0 Å². The molecule has 29 heavy (non-hydrogen) atoms. The number of aromatic amines is 1. The van der Waals surface area contributed by atoms with Crippen LogP contribution in [0.3, 0.4) is 0 Å². The molecule has 2 aliphatic heterocycles. The molecule has 2 saturated heterocycles. The smallest absolute Gasteiger partial charge is 0.319 e. The molecule has 1 aromatic carbocycles. The molecule has 2 aromatic rings. The van der Waals surface area contributed by atoms with Gasteiger partial charge >= 0.3 is 6.03 Å². The summed E-state index contributed by atoms with van der Waals surface area (Å²) in [4.78, 5) is 18.3. The Morgan fingerprint density at radius 2 is 2.14 bits per heavy atom. The van der Waals surface area contributed by atoms with Crippen molar-refractivity contribution in [2.45, 2.75) is 63.8 Å². The number of carbonyl (C=O) groups is 1. The first kappa shape index (κ1) is 20.0. The lowest BCUT2D eigenvalue weighted by molar-refractivity contribution is 0.151. The molecular formula is C24H34N4O. The van der Waals surface area contributed by atoms with Crippen LogP contribution in [-0.4, -0.2) is 41.6 Å². The molecule has 5 heteroatoms. The van der Waals surface area contributed by atoms with E-state index in [9.17, 15) is 4.79 Å². The third-order valence-electron chi connectivity index (χ3n) is 6.61. The fourth-order valence-corrected chi connectivity index (χ4v) is 5.02. The Hall–Kier alpha value is -2.27. The van der Waals surface area contributed by atoms with E-state index in [1.165, 1.54) is 62.6 Å². The van der Waals surface area contributed by atoms with E-state index in [2.05, 4.69) is 44.9 Å². The number of amides is 2. The van der Waals surface area contributed by atoms with Crippen molar-refractivity contribution in [3.63, 3.8) is 0 Å². The second-order valence-electron chi connectivity index (χ2n) is 8.49. The fourth-order valence-electron chi connectivity index (χ4n) is 5.02. The van der Waals surface area contributed by atoms with E-state index in [4.69, 9.17) is 0 Å². The first-order valence-corrected chi connectivity index (χ1v) is 11.3. The van der Waals surface area contributed by atoms with Gasteiger partial charge in [-0.1, -0.05) is 18.6 Å². The van der Waals surface area contributed by atoms with Gasteiger partial charge in [-0.05, 0) is 88.2 Å². The van der Waals surface area contributed by atoms with Crippen LogP contribution in [0, 0.1) is 0 Å². The minimum Gasteiger partial charge on any atom is -0.361 e.